The van der Waals surface area contributed by atoms with Crippen LogP contribution in [0.25, 0.3) is 0 Å². The van der Waals surface area contributed by atoms with Crippen LogP contribution in [-0.2, 0) is 6.42 Å². The van der Waals surface area contributed by atoms with Crippen molar-refractivity contribution in [1.82, 2.24) is 5.32 Å². The number of hydrogen-bond donors (Lipinski definition) is 1. The Kier molecular flexibility index (Phi) is 5.07. The summed E-state index contributed by atoms with van der Waals surface area (Å²) in [6.45, 7) is 6.92. The lowest BCUT2D eigenvalue weighted by Gasteiger charge is -2.20. The first-order valence-corrected chi connectivity index (χ1v) is 7.25. The summed E-state index contributed by atoms with van der Waals surface area (Å²) in [6, 6.07) is 10.1. The van der Waals surface area contributed by atoms with Gasteiger partial charge >= 0.3 is 0 Å². The van der Waals surface area contributed by atoms with E-state index in [9.17, 15) is 8.78 Å². The Morgan fingerprint density at radius 2 is 1.67 bits per heavy atom. The second-order valence-corrected chi connectivity index (χ2v) is 5.47. The van der Waals surface area contributed by atoms with Crippen LogP contribution in [-0.4, -0.2) is 6.54 Å². The van der Waals surface area contributed by atoms with Crippen molar-refractivity contribution in [3.8, 4) is 0 Å². The van der Waals surface area contributed by atoms with Gasteiger partial charge in [-0.2, -0.15) is 0 Å². The molecule has 0 aliphatic carbocycles. The SMILES string of the molecule is CCNC(Cc1ccc(F)cc1F)c1cc(C)cc(C)c1. The molecular formula is C18H21F2N. The van der Waals surface area contributed by atoms with Gasteiger partial charge < -0.3 is 5.32 Å². The van der Waals surface area contributed by atoms with Gasteiger partial charge in [0, 0.05) is 12.1 Å². The molecule has 0 heterocycles. The molecule has 2 aromatic carbocycles. The molecule has 0 fully saturated rings. The van der Waals surface area contributed by atoms with Crippen molar-refractivity contribution in [1.29, 1.82) is 0 Å². The first kappa shape index (κ1) is 15.6. The van der Waals surface area contributed by atoms with Crippen LogP contribution >= 0.6 is 0 Å². The van der Waals surface area contributed by atoms with Crippen molar-refractivity contribution in [2.24, 2.45) is 0 Å². The summed E-state index contributed by atoms with van der Waals surface area (Å²) < 4.78 is 26.9. The minimum atomic E-state index is -0.539. The molecule has 1 nitrogen and oxygen atoms in total. The predicted molar refractivity (Wildman–Crippen MR) is 82.4 cm³/mol. The molecule has 1 unspecified atom stereocenters. The molecule has 2 rings (SSSR count). The summed E-state index contributed by atoms with van der Waals surface area (Å²) in [6.07, 6.45) is 0.503. The number of aryl methyl sites for hydroxylation is 2. The van der Waals surface area contributed by atoms with Crippen LogP contribution in [0.5, 0.6) is 0 Å². The van der Waals surface area contributed by atoms with E-state index in [0.717, 1.165) is 18.2 Å². The molecule has 112 valence electrons. The number of nitrogens with one attached hydrogen (secondary N) is 1. The first-order chi connectivity index (χ1) is 9.99. The zero-order chi connectivity index (χ0) is 15.4. The van der Waals surface area contributed by atoms with Gasteiger partial charge in [-0.05, 0) is 44.0 Å². The third-order valence-electron chi connectivity index (χ3n) is 3.54. The van der Waals surface area contributed by atoms with Crippen LogP contribution in [0.15, 0.2) is 36.4 Å². The largest absolute Gasteiger partial charge is 0.310 e. The minimum absolute atomic E-state index is 0.0218. The molecule has 0 aliphatic heterocycles. The molecule has 0 aliphatic rings. The van der Waals surface area contributed by atoms with Crippen LogP contribution in [0, 0.1) is 25.5 Å². The highest BCUT2D eigenvalue weighted by Crippen LogP contribution is 2.23. The van der Waals surface area contributed by atoms with Gasteiger partial charge in [0.2, 0.25) is 0 Å². The third-order valence-corrected chi connectivity index (χ3v) is 3.54. The molecule has 21 heavy (non-hydrogen) atoms. The maximum Gasteiger partial charge on any atom is 0.129 e. The molecule has 0 saturated carbocycles. The number of hydrogen-bond acceptors (Lipinski definition) is 1. The van der Waals surface area contributed by atoms with Crippen LogP contribution in [0.3, 0.4) is 0 Å². The highest BCUT2D eigenvalue weighted by atomic mass is 19.1. The van der Waals surface area contributed by atoms with Crippen molar-refractivity contribution in [2.45, 2.75) is 33.2 Å². The van der Waals surface area contributed by atoms with Crippen molar-refractivity contribution in [3.63, 3.8) is 0 Å². The summed E-state index contributed by atoms with van der Waals surface area (Å²) in [4.78, 5) is 0. The number of likely N-dealkylation sites (N-methyl/N-ethyl adjacent to an activating group) is 1. The van der Waals surface area contributed by atoms with Crippen LogP contribution in [0.1, 0.15) is 35.2 Å². The Hall–Kier alpha value is -1.74. The lowest BCUT2D eigenvalue weighted by molar-refractivity contribution is 0.520. The zero-order valence-corrected chi connectivity index (χ0v) is 12.7. The van der Waals surface area contributed by atoms with Crippen molar-refractivity contribution in [2.75, 3.05) is 6.54 Å². The van der Waals surface area contributed by atoms with Crippen LogP contribution < -0.4 is 5.32 Å². The first-order valence-electron chi connectivity index (χ1n) is 7.25. The lowest BCUT2D eigenvalue weighted by Crippen LogP contribution is -2.23. The summed E-state index contributed by atoms with van der Waals surface area (Å²) in [5.41, 5.74) is 4.04. The number of benzene rings is 2. The summed E-state index contributed by atoms with van der Waals surface area (Å²) >= 11 is 0. The van der Waals surface area contributed by atoms with E-state index in [1.165, 1.54) is 23.3 Å². The Morgan fingerprint density at radius 3 is 2.24 bits per heavy atom. The molecule has 1 atom stereocenters. The second-order valence-electron chi connectivity index (χ2n) is 5.47. The Labute approximate surface area is 125 Å². The normalized spacial score (nSPS) is 12.4. The van der Waals surface area contributed by atoms with E-state index in [-0.39, 0.29) is 6.04 Å². The van der Waals surface area contributed by atoms with Gasteiger partial charge in [-0.1, -0.05) is 42.3 Å². The molecular weight excluding hydrogens is 268 g/mol. The highest BCUT2D eigenvalue weighted by molar-refractivity contribution is 5.32. The average Bonchev–Trinajstić information content (AvgIpc) is 2.40. The Morgan fingerprint density at radius 1 is 1.00 bits per heavy atom. The van der Waals surface area contributed by atoms with E-state index in [1.807, 2.05) is 6.92 Å². The van der Waals surface area contributed by atoms with Gasteiger partial charge in [0.25, 0.3) is 0 Å². The Bertz CT molecular complexity index is 602. The lowest BCUT2D eigenvalue weighted by atomic mass is 9.95. The van der Waals surface area contributed by atoms with E-state index in [1.54, 1.807) is 0 Å². The predicted octanol–water partition coefficient (Wildman–Crippen LogP) is 4.47. The van der Waals surface area contributed by atoms with Crippen molar-refractivity contribution < 1.29 is 8.78 Å². The van der Waals surface area contributed by atoms with Gasteiger partial charge in [-0.3, -0.25) is 0 Å². The monoisotopic (exact) mass is 289 g/mol. The van der Waals surface area contributed by atoms with Crippen LogP contribution in [0.2, 0.25) is 0 Å². The fourth-order valence-electron chi connectivity index (χ4n) is 2.67. The van der Waals surface area contributed by atoms with E-state index in [4.69, 9.17) is 0 Å². The van der Waals surface area contributed by atoms with E-state index >= 15 is 0 Å². The van der Waals surface area contributed by atoms with Crippen molar-refractivity contribution >= 4 is 0 Å². The number of halogens is 2. The molecule has 0 radical (unpaired) electrons. The standard InChI is InChI=1S/C18H21F2N/c1-4-21-18(15-8-12(2)7-13(3)9-15)10-14-5-6-16(19)11-17(14)20/h5-9,11,18,21H,4,10H2,1-3H3. The summed E-state index contributed by atoms with van der Waals surface area (Å²) in [5.74, 6) is -1.02. The van der Waals surface area contributed by atoms with Gasteiger partial charge in [-0.15, -0.1) is 0 Å². The zero-order valence-electron chi connectivity index (χ0n) is 12.7. The molecule has 0 spiro atoms. The molecule has 0 saturated heterocycles. The Balaban J connectivity index is 2.30. The molecule has 1 N–H and O–H groups in total. The van der Waals surface area contributed by atoms with E-state index in [0.29, 0.717) is 12.0 Å². The van der Waals surface area contributed by atoms with Gasteiger partial charge in [0.05, 0.1) is 0 Å². The summed E-state index contributed by atoms with van der Waals surface area (Å²) in [7, 11) is 0. The van der Waals surface area contributed by atoms with Gasteiger partial charge in [0.1, 0.15) is 11.6 Å². The molecule has 0 aromatic heterocycles. The molecule has 2 aromatic rings. The topological polar surface area (TPSA) is 12.0 Å². The van der Waals surface area contributed by atoms with E-state index < -0.39 is 11.6 Å². The fourth-order valence-corrected chi connectivity index (χ4v) is 2.67. The average molecular weight is 289 g/mol. The molecule has 0 amide bonds. The maximum absolute atomic E-state index is 13.9. The maximum atomic E-state index is 13.9. The third kappa shape index (κ3) is 4.11. The number of rotatable bonds is 5. The smallest absolute Gasteiger partial charge is 0.129 e. The van der Waals surface area contributed by atoms with Gasteiger partial charge in [0.15, 0.2) is 0 Å². The summed E-state index contributed by atoms with van der Waals surface area (Å²) in [5, 5.41) is 3.38. The fraction of sp³-hybridized carbons (Fsp3) is 0.333. The second kappa shape index (κ2) is 6.81. The molecule has 0 bridgehead atoms. The van der Waals surface area contributed by atoms with Crippen LogP contribution in [0.4, 0.5) is 8.78 Å². The quantitative estimate of drug-likeness (QED) is 0.856. The molecule has 3 heteroatoms. The highest BCUT2D eigenvalue weighted by Gasteiger charge is 2.15. The minimum Gasteiger partial charge on any atom is -0.310 e. The van der Waals surface area contributed by atoms with Gasteiger partial charge in [-0.25, -0.2) is 8.78 Å². The van der Waals surface area contributed by atoms with E-state index in [2.05, 4.69) is 37.4 Å². The van der Waals surface area contributed by atoms with Crippen molar-refractivity contribution in [3.05, 3.63) is 70.3 Å².